The van der Waals surface area contributed by atoms with E-state index in [0.29, 0.717) is 13.1 Å². The summed E-state index contributed by atoms with van der Waals surface area (Å²) in [5.74, 6) is 0. The third-order valence-corrected chi connectivity index (χ3v) is 5.95. The highest BCUT2D eigenvalue weighted by atomic mass is 32.2. The number of pyridine rings is 1. The van der Waals surface area contributed by atoms with E-state index in [1.165, 1.54) is 11.0 Å². The molecule has 0 aliphatic carbocycles. The molecule has 25 heavy (non-hydrogen) atoms. The van der Waals surface area contributed by atoms with Gasteiger partial charge in [0.05, 0.1) is 0 Å². The van der Waals surface area contributed by atoms with Crippen molar-refractivity contribution in [2.45, 2.75) is 6.42 Å². The summed E-state index contributed by atoms with van der Waals surface area (Å²) in [6, 6.07) is 13.5. The molecular formula is C19H23N3O2S. The van der Waals surface area contributed by atoms with Crippen molar-refractivity contribution in [3.05, 3.63) is 71.4 Å². The Morgan fingerprint density at radius 1 is 0.960 bits per heavy atom. The minimum atomic E-state index is -3.35. The first kappa shape index (κ1) is 17.8. The second-order valence-electron chi connectivity index (χ2n) is 6.10. The van der Waals surface area contributed by atoms with Gasteiger partial charge in [-0.2, -0.15) is 4.31 Å². The van der Waals surface area contributed by atoms with Gasteiger partial charge in [0, 0.05) is 50.5 Å². The summed E-state index contributed by atoms with van der Waals surface area (Å²) in [4.78, 5) is 6.34. The van der Waals surface area contributed by atoms with E-state index in [2.05, 4.69) is 9.88 Å². The molecule has 1 fully saturated rings. The van der Waals surface area contributed by atoms with Gasteiger partial charge >= 0.3 is 0 Å². The molecule has 2 heterocycles. The quantitative estimate of drug-likeness (QED) is 0.796. The summed E-state index contributed by atoms with van der Waals surface area (Å²) in [5, 5.41) is 1.31. The van der Waals surface area contributed by atoms with Crippen LogP contribution < -0.4 is 0 Å². The summed E-state index contributed by atoms with van der Waals surface area (Å²) in [7, 11) is -3.35. The Bertz CT molecular complexity index is 784. The fraction of sp³-hybridized carbons (Fsp3) is 0.316. The number of hydrogen-bond donors (Lipinski definition) is 0. The number of rotatable bonds is 6. The van der Waals surface area contributed by atoms with Crippen molar-refractivity contribution >= 4 is 16.1 Å². The Morgan fingerprint density at radius 3 is 2.32 bits per heavy atom. The van der Waals surface area contributed by atoms with Gasteiger partial charge in [0.1, 0.15) is 0 Å². The van der Waals surface area contributed by atoms with Crippen molar-refractivity contribution in [2.24, 2.45) is 0 Å². The van der Waals surface area contributed by atoms with Gasteiger partial charge in [-0.05, 0) is 35.8 Å². The second-order valence-corrected chi connectivity index (χ2v) is 7.92. The molecule has 0 radical (unpaired) electrons. The number of sulfonamides is 1. The van der Waals surface area contributed by atoms with Crippen LogP contribution in [0.1, 0.15) is 11.1 Å². The Labute approximate surface area is 149 Å². The second kappa shape index (κ2) is 8.38. The average molecular weight is 357 g/mol. The number of hydrogen-bond acceptors (Lipinski definition) is 4. The molecule has 0 bridgehead atoms. The third-order valence-electron chi connectivity index (χ3n) is 4.39. The molecular weight excluding hydrogens is 334 g/mol. The molecule has 0 saturated carbocycles. The van der Waals surface area contributed by atoms with Gasteiger partial charge in [-0.3, -0.25) is 4.98 Å². The van der Waals surface area contributed by atoms with E-state index in [1.54, 1.807) is 22.8 Å². The van der Waals surface area contributed by atoms with Crippen LogP contribution in [0.5, 0.6) is 0 Å². The molecule has 2 aromatic rings. The highest BCUT2D eigenvalue weighted by molar-refractivity contribution is 7.92. The minimum absolute atomic E-state index is 0.539. The van der Waals surface area contributed by atoms with Crippen LogP contribution in [0.15, 0.2) is 60.3 Å². The summed E-state index contributed by atoms with van der Waals surface area (Å²) in [6.07, 6.45) is 6.23. The topological polar surface area (TPSA) is 53.5 Å². The molecule has 1 saturated heterocycles. The predicted molar refractivity (Wildman–Crippen MR) is 100 cm³/mol. The lowest BCUT2D eigenvalue weighted by molar-refractivity contribution is 0.191. The first-order valence-corrected chi connectivity index (χ1v) is 9.98. The highest BCUT2D eigenvalue weighted by Crippen LogP contribution is 2.12. The summed E-state index contributed by atoms with van der Waals surface area (Å²) < 4.78 is 26.5. The van der Waals surface area contributed by atoms with Gasteiger partial charge in [0.15, 0.2) is 0 Å². The Balaban J connectivity index is 1.50. The van der Waals surface area contributed by atoms with Gasteiger partial charge < -0.3 is 4.90 Å². The normalized spacial score (nSPS) is 17.1. The van der Waals surface area contributed by atoms with Crippen LogP contribution in [-0.4, -0.2) is 55.3 Å². The number of benzene rings is 1. The standard InChI is InChI=1S/C19H23N3O2S/c23-25(24,17-9-18-4-2-1-3-5-18)22-15-13-21(14-16-22)12-8-19-6-10-20-11-7-19/h1-7,9-11,17H,8,12-16H2. The lowest BCUT2D eigenvalue weighted by Crippen LogP contribution is -2.48. The zero-order valence-corrected chi connectivity index (χ0v) is 15.0. The lowest BCUT2D eigenvalue weighted by atomic mass is 10.2. The van der Waals surface area contributed by atoms with E-state index < -0.39 is 10.0 Å². The van der Waals surface area contributed by atoms with Crippen molar-refractivity contribution in [2.75, 3.05) is 32.7 Å². The molecule has 6 heteroatoms. The van der Waals surface area contributed by atoms with Crippen LogP contribution in [0, 0.1) is 0 Å². The fourth-order valence-corrected chi connectivity index (χ4v) is 4.03. The zero-order chi connectivity index (χ0) is 17.5. The Morgan fingerprint density at radius 2 is 1.64 bits per heavy atom. The lowest BCUT2D eigenvalue weighted by Gasteiger charge is -2.33. The molecule has 1 aromatic heterocycles. The third kappa shape index (κ3) is 5.22. The Hall–Kier alpha value is -2.02. The van der Waals surface area contributed by atoms with Crippen molar-refractivity contribution in [1.29, 1.82) is 0 Å². The SMILES string of the molecule is O=S(=O)(C=Cc1ccccc1)N1CCN(CCc2ccncc2)CC1. The van der Waals surface area contributed by atoms with E-state index in [9.17, 15) is 8.42 Å². The van der Waals surface area contributed by atoms with Crippen LogP contribution in [0.3, 0.4) is 0 Å². The minimum Gasteiger partial charge on any atom is -0.300 e. The predicted octanol–water partition coefficient (Wildman–Crippen LogP) is 2.24. The highest BCUT2D eigenvalue weighted by Gasteiger charge is 2.24. The van der Waals surface area contributed by atoms with Gasteiger partial charge in [-0.1, -0.05) is 30.3 Å². The maximum absolute atomic E-state index is 12.5. The molecule has 1 aliphatic rings. The molecule has 1 aliphatic heterocycles. The Kier molecular flexibility index (Phi) is 5.96. The van der Waals surface area contributed by atoms with E-state index in [4.69, 9.17) is 0 Å². The largest absolute Gasteiger partial charge is 0.300 e. The summed E-state index contributed by atoms with van der Waals surface area (Å²) >= 11 is 0. The summed E-state index contributed by atoms with van der Waals surface area (Å²) in [5.41, 5.74) is 2.15. The van der Waals surface area contributed by atoms with Crippen molar-refractivity contribution in [1.82, 2.24) is 14.2 Å². The van der Waals surface area contributed by atoms with Gasteiger partial charge in [0.25, 0.3) is 0 Å². The molecule has 0 amide bonds. The van der Waals surface area contributed by atoms with Crippen LogP contribution in [0.25, 0.3) is 6.08 Å². The molecule has 0 spiro atoms. The van der Waals surface area contributed by atoms with E-state index in [1.807, 2.05) is 42.5 Å². The van der Waals surface area contributed by atoms with Gasteiger partial charge in [-0.15, -0.1) is 0 Å². The van der Waals surface area contributed by atoms with Gasteiger partial charge in [0.2, 0.25) is 10.0 Å². The van der Waals surface area contributed by atoms with Gasteiger partial charge in [-0.25, -0.2) is 8.42 Å². The molecule has 0 N–H and O–H groups in total. The van der Waals surface area contributed by atoms with Crippen LogP contribution in [0.2, 0.25) is 0 Å². The number of aromatic nitrogens is 1. The molecule has 1 aromatic carbocycles. The number of piperazine rings is 1. The molecule has 0 atom stereocenters. The van der Waals surface area contributed by atoms with Crippen molar-refractivity contribution < 1.29 is 8.42 Å². The van der Waals surface area contributed by atoms with E-state index in [-0.39, 0.29) is 0 Å². The van der Waals surface area contributed by atoms with Crippen molar-refractivity contribution in [3.8, 4) is 0 Å². The average Bonchev–Trinajstić information content (AvgIpc) is 2.67. The first-order valence-electron chi connectivity index (χ1n) is 8.48. The smallest absolute Gasteiger partial charge is 0.236 e. The monoisotopic (exact) mass is 357 g/mol. The summed E-state index contributed by atoms with van der Waals surface area (Å²) in [6.45, 7) is 3.56. The fourth-order valence-electron chi connectivity index (χ4n) is 2.86. The van der Waals surface area contributed by atoms with Crippen LogP contribution in [0.4, 0.5) is 0 Å². The maximum atomic E-state index is 12.5. The molecule has 132 valence electrons. The van der Waals surface area contributed by atoms with Crippen molar-refractivity contribution in [3.63, 3.8) is 0 Å². The number of nitrogens with zero attached hydrogens (tertiary/aromatic N) is 3. The molecule has 3 rings (SSSR count). The molecule has 5 nitrogen and oxygen atoms in total. The molecule has 0 unspecified atom stereocenters. The maximum Gasteiger partial charge on any atom is 0.236 e. The first-order chi connectivity index (χ1) is 12.1. The van der Waals surface area contributed by atoms with Crippen LogP contribution >= 0.6 is 0 Å². The van der Waals surface area contributed by atoms with Crippen LogP contribution in [-0.2, 0) is 16.4 Å². The van der Waals surface area contributed by atoms with E-state index in [0.717, 1.165) is 31.6 Å². The van der Waals surface area contributed by atoms with E-state index >= 15 is 0 Å². The zero-order valence-electron chi connectivity index (χ0n) is 14.2.